The third kappa shape index (κ3) is 5.00. The van der Waals surface area contributed by atoms with Gasteiger partial charge in [0.25, 0.3) is 0 Å². The molecule has 0 saturated heterocycles. The molecule has 0 radical (unpaired) electrons. The van der Waals surface area contributed by atoms with Crippen LogP contribution in [0.2, 0.25) is 0 Å². The summed E-state index contributed by atoms with van der Waals surface area (Å²) >= 11 is 0. The van der Waals surface area contributed by atoms with Gasteiger partial charge < -0.3 is 10.2 Å². The second kappa shape index (κ2) is 6.81. The first kappa shape index (κ1) is 13.4. The molecule has 0 bridgehead atoms. The van der Waals surface area contributed by atoms with Gasteiger partial charge in [0.1, 0.15) is 0 Å². The van der Waals surface area contributed by atoms with E-state index in [1.165, 1.54) is 6.08 Å². The van der Waals surface area contributed by atoms with E-state index in [0.29, 0.717) is 24.0 Å². The largest absolute Gasteiger partial charge is 0.478 e. The number of carbonyl (C=O) groups is 2. The summed E-state index contributed by atoms with van der Waals surface area (Å²) in [4.78, 5) is 21.2. The van der Waals surface area contributed by atoms with E-state index >= 15 is 0 Å². The number of carboxylic acid groups (broad SMARTS) is 2. The van der Waals surface area contributed by atoms with E-state index in [4.69, 9.17) is 10.2 Å². The molecule has 0 aromatic heterocycles. The summed E-state index contributed by atoms with van der Waals surface area (Å²) in [5.41, 5.74) is 0.879. The van der Waals surface area contributed by atoms with E-state index in [0.717, 1.165) is 12.5 Å². The van der Waals surface area contributed by atoms with E-state index in [2.05, 4.69) is 0 Å². The van der Waals surface area contributed by atoms with E-state index < -0.39 is 11.9 Å². The molecule has 0 amide bonds. The van der Waals surface area contributed by atoms with Gasteiger partial charge in [0.05, 0.1) is 0 Å². The molecule has 0 aliphatic heterocycles. The molecule has 0 fully saturated rings. The van der Waals surface area contributed by atoms with Gasteiger partial charge in [-0.05, 0) is 18.4 Å². The third-order valence-electron chi connectivity index (χ3n) is 1.95. The zero-order valence-electron chi connectivity index (χ0n) is 8.99. The van der Waals surface area contributed by atoms with Crippen molar-refractivity contribution in [2.75, 3.05) is 0 Å². The Morgan fingerprint density at radius 3 is 2.07 bits per heavy atom. The molecule has 0 saturated carbocycles. The first-order chi connectivity index (χ1) is 7.02. The Balaban J connectivity index is 5.04. The fraction of sp³-hybridized carbons (Fsp3) is 0.455. The van der Waals surface area contributed by atoms with Crippen molar-refractivity contribution in [3.8, 4) is 0 Å². The van der Waals surface area contributed by atoms with Crippen LogP contribution in [0.3, 0.4) is 0 Å². The van der Waals surface area contributed by atoms with Gasteiger partial charge in [-0.2, -0.15) is 0 Å². The van der Waals surface area contributed by atoms with Crippen LogP contribution in [0.5, 0.6) is 0 Å². The average molecular weight is 212 g/mol. The zero-order valence-corrected chi connectivity index (χ0v) is 8.99. The lowest BCUT2D eigenvalue weighted by atomic mass is 10.0. The van der Waals surface area contributed by atoms with Crippen molar-refractivity contribution in [1.29, 1.82) is 0 Å². The quantitative estimate of drug-likeness (QED) is 0.523. The maximum absolute atomic E-state index is 10.9. The van der Waals surface area contributed by atoms with Gasteiger partial charge >= 0.3 is 11.9 Å². The number of allylic oxidation sites excluding steroid dienone is 2. The topological polar surface area (TPSA) is 74.6 Å². The molecule has 4 heteroatoms. The van der Waals surface area contributed by atoms with Crippen LogP contribution in [-0.2, 0) is 9.59 Å². The number of rotatable bonds is 6. The Morgan fingerprint density at radius 1 is 1.13 bits per heavy atom. The second-order valence-electron chi connectivity index (χ2n) is 3.08. The molecule has 0 spiro atoms. The smallest absolute Gasteiger partial charge is 0.331 e. The highest BCUT2D eigenvalue weighted by Crippen LogP contribution is 2.16. The summed E-state index contributed by atoms with van der Waals surface area (Å²) in [5, 5.41) is 17.4. The lowest BCUT2D eigenvalue weighted by Gasteiger charge is -2.05. The summed E-state index contributed by atoms with van der Waals surface area (Å²) in [6.45, 7) is 3.69. The molecule has 84 valence electrons. The standard InChI is InChI=1S/C11H16O4/c1-3-5-9(11(14)15)8(4-2)6-7-10(12)13/h6-7H,3-5H2,1-2H3,(H,12,13)(H,14,15). The van der Waals surface area contributed by atoms with Crippen LogP contribution in [-0.4, -0.2) is 22.2 Å². The van der Waals surface area contributed by atoms with Crippen molar-refractivity contribution in [2.24, 2.45) is 0 Å². The Morgan fingerprint density at radius 2 is 1.73 bits per heavy atom. The minimum atomic E-state index is -1.07. The van der Waals surface area contributed by atoms with Gasteiger partial charge in [-0.25, -0.2) is 9.59 Å². The Bertz CT molecular complexity index is 300. The van der Waals surface area contributed by atoms with Gasteiger partial charge in [-0.1, -0.05) is 26.3 Å². The predicted octanol–water partition coefficient (Wildman–Crippen LogP) is 2.22. The van der Waals surface area contributed by atoms with Gasteiger partial charge in [-0.3, -0.25) is 0 Å². The van der Waals surface area contributed by atoms with Crippen LogP contribution in [0.1, 0.15) is 33.1 Å². The predicted molar refractivity (Wildman–Crippen MR) is 56.6 cm³/mol. The zero-order chi connectivity index (χ0) is 11.8. The minimum absolute atomic E-state index is 0.303. The van der Waals surface area contributed by atoms with Crippen LogP contribution in [0.4, 0.5) is 0 Å². The Hall–Kier alpha value is -1.58. The molecule has 0 aromatic carbocycles. The van der Waals surface area contributed by atoms with Crippen molar-refractivity contribution >= 4 is 11.9 Å². The summed E-state index contributed by atoms with van der Waals surface area (Å²) < 4.78 is 0. The van der Waals surface area contributed by atoms with E-state index in [9.17, 15) is 9.59 Å². The van der Waals surface area contributed by atoms with Crippen LogP contribution in [0.25, 0.3) is 0 Å². The summed E-state index contributed by atoms with van der Waals surface area (Å²) in [6, 6.07) is 0. The molecular weight excluding hydrogens is 196 g/mol. The monoisotopic (exact) mass is 212 g/mol. The van der Waals surface area contributed by atoms with Crippen LogP contribution < -0.4 is 0 Å². The first-order valence-electron chi connectivity index (χ1n) is 4.89. The number of hydrogen-bond acceptors (Lipinski definition) is 2. The summed E-state index contributed by atoms with van der Waals surface area (Å²) in [5.74, 6) is -2.04. The highest BCUT2D eigenvalue weighted by molar-refractivity contribution is 5.89. The van der Waals surface area contributed by atoms with Crippen LogP contribution in [0, 0.1) is 0 Å². The summed E-state index contributed by atoms with van der Waals surface area (Å²) in [7, 11) is 0. The van der Waals surface area contributed by atoms with E-state index in [1.807, 2.05) is 6.92 Å². The molecule has 4 nitrogen and oxygen atoms in total. The van der Waals surface area contributed by atoms with Crippen LogP contribution >= 0.6 is 0 Å². The Labute approximate surface area is 88.9 Å². The van der Waals surface area contributed by atoms with Crippen molar-refractivity contribution in [1.82, 2.24) is 0 Å². The molecule has 0 aliphatic rings. The molecular formula is C11H16O4. The molecule has 0 aromatic rings. The second-order valence-corrected chi connectivity index (χ2v) is 3.08. The molecule has 15 heavy (non-hydrogen) atoms. The maximum atomic E-state index is 10.9. The maximum Gasteiger partial charge on any atom is 0.331 e. The highest BCUT2D eigenvalue weighted by Gasteiger charge is 2.10. The molecule has 0 aliphatic carbocycles. The number of carboxylic acids is 2. The molecule has 0 rings (SSSR count). The van der Waals surface area contributed by atoms with Crippen molar-refractivity contribution in [3.63, 3.8) is 0 Å². The fourth-order valence-corrected chi connectivity index (χ4v) is 1.26. The number of aliphatic carboxylic acids is 2. The fourth-order valence-electron chi connectivity index (χ4n) is 1.26. The van der Waals surface area contributed by atoms with Gasteiger partial charge in [0.15, 0.2) is 0 Å². The third-order valence-corrected chi connectivity index (χ3v) is 1.95. The van der Waals surface area contributed by atoms with E-state index in [-0.39, 0.29) is 0 Å². The minimum Gasteiger partial charge on any atom is -0.478 e. The lowest BCUT2D eigenvalue weighted by Crippen LogP contribution is -2.04. The van der Waals surface area contributed by atoms with Crippen molar-refractivity contribution < 1.29 is 19.8 Å². The Kier molecular flexibility index (Phi) is 6.09. The molecule has 0 unspecified atom stereocenters. The normalized spacial score (nSPS) is 12.7. The summed E-state index contributed by atoms with van der Waals surface area (Å²) in [6.07, 6.45) is 4.04. The average Bonchev–Trinajstić information content (AvgIpc) is 2.16. The van der Waals surface area contributed by atoms with Gasteiger partial charge in [0, 0.05) is 11.6 Å². The van der Waals surface area contributed by atoms with Crippen molar-refractivity contribution in [2.45, 2.75) is 33.1 Å². The lowest BCUT2D eigenvalue weighted by molar-refractivity contribution is -0.133. The molecule has 0 heterocycles. The van der Waals surface area contributed by atoms with Gasteiger partial charge in [-0.15, -0.1) is 0 Å². The first-order valence-corrected chi connectivity index (χ1v) is 4.89. The van der Waals surface area contributed by atoms with Crippen LogP contribution in [0.15, 0.2) is 23.3 Å². The SMILES string of the molecule is CCCC(C(=O)O)=C(C=CC(=O)O)CC. The van der Waals surface area contributed by atoms with E-state index in [1.54, 1.807) is 6.92 Å². The van der Waals surface area contributed by atoms with Gasteiger partial charge in [0.2, 0.25) is 0 Å². The molecule has 0 atom stereocenters. The van der Waals surface area contributed by atoms with Crippen molar-refractivity contribution in [3.05, 3.63) is 23.3 Å². The number of hydrogen-bond donors (Lipinski definition) is 2. The molecule has 2 N–H and O–H groups in total. The highest BCUT2D eigenvalue weighted by atomic mass is 16.4.